The van der Waals surface area contributed by atoms with Gasteiger partial charge in [-0.05, 0) is 72.2 Å². The van der Waals surface area contributed by atoms with Gasteiger partial charge in [-0.25, -0.2) is 4.79 Å². The summed E-state index contributed by atoms with van der Waals surface area (Å²) in [5, 5.41) is 2.75. The minimum Gasteiger partial charge on any atom is -0.444 e. The molecule has 0 saturated carbocycles. The van der Waals surface area contributed by atoms with Gasteiger partial charge in [0.15, 0.2) is 0 Å². The minimum absolute atomic E-state index is 0.0250. The summed E-state index contributed by atoms with van der Waals surface area (Å²) >= 11 is 1.65. The topological polar surface area (TPSA) is 65.1 Å². The maximum atomic E-state index is 13.1. The van der Waals surface area contributed by atoms with Gasteiger partial charge in [0.05, 0.1) is 0 Å². The molecule has 2 heterocycles. The number of piperazine rings is 1. The lowest BCUT2D eigenvalue weighted by atomic mass is 10.0. The van der Waals surface area contributed by atoms with Gasteiger partial charge in [0, 0.05) is 33.6 Å². The average molecular weight is 416 g/mol. The van der Waals surface area contributed by atoms with Gasteiger partial charge in [-0.1, -0.05) is 0 Å². The number of piperidine rings is 1. The van der Waals surface area contributed by atoms with Gasteiger partial charge in [-0.2, -0.15) is 11.8 Å². The van der Waals surface area contributed by atoms with E-state index in [9.17, 15) is 9.59 Å². The number of ether oxygens (including phenoxy) is 1. The van der Waals surface area contributed by atoms with Gasteiger partial charge in [0.2, 0.25) is 5.91 Å². The first-order valence-electron chi connectivity index (χ1n) is 11.0. The summed E-state index contributed by atoms with van der Waals surface area (Å²) < 4.78 is 12.8. The first-order chi connectivity index (χ1) is 13.8. The molecule has 2 saturated heterocycles. The summed E-state index contributed by atoms with van der Waals surface area (Å²) in [7, 11) is 2.17. The summed E-state index contributed by atoms with van der Waals surface area (Å²) in [6.45, 7) is 8.84. The van der Waals surface area contributed by atoms with Crippen molar-refractivity contribution >= 4 is 23.8 Å². The smallest absolute Gasteiger partial charge is 0.408 e. The fourth-order valence-corrected chi connectivity index (χ4v) is 4.28. The lowest BCUT2D eigenvalue weighted by molar-refractivity contribution is -0.135. The fraction of sp³-hybridized carbons (Fsp3) is 0.900. The van der Waals surface area contributed by atoms with Crippen LogP contribution in [0.4, 0.5) is 4.79 Å². The summed E-state index contributed by atoms with van der Waals surface area (Å²) in [4.78, 5) is 32.1. The average Bonchev–Trinajstić information content (AvgIpc) is 2.71. The first kappa shape index (κ1) is 21.7. The highest BCUT2D eigenvalue weighted by Crippen LogP contribution is 2.18. The second kappa shape index (κ2) is 10.7. The van der Waals surface area contributed by atoms with Gasteiger partial charge >= 0.3 is 6.09 Å². The van der Waals surface area contributed by atoms with E-state index in [1.165, 1.54) is 12.8 Å². The number of carbonyl (C=O) groups is 2. The van der Waals surface area contributed by atoms with Crippen LogP contribution in [0.5, 0.6) is 0 Å². The normalized spacial score (nSPS) is 21.9. The second-order valence-corrected chi connectivity index (χ2v) is 9.51. The van der Waals surface area contributed by atoms with E-state index in [0.717, 1.165) is 31.9 Å². The Balaban J connectivity index is 1.88. The fourth-order valence-electron chi connectivity index (χ4n) is 3.80. The number of hydrogen-bond donors (Lipinski definition) is 1. The zero-order valence-corrected chi connectivity index (χ0v) is 18.7. The molecule has 2 aliphatic rings. The van der Waals surface area contributed by atoms with Gasteiger partial charge in [0.1, 0.15) is 11.6 Å². The molecule has 0 bridgehead atoms. The second-order valence-electron chi connectivity index (χ2n) is 8.52. The molecule has 0 aromatic rings. The molecule has 0 unspecified atom stereocenters. The molecule has 2 amide bonds. The van der Waals surface area contributed by atoms with E-state index in [0.29, 0.717) is 25.6 Å². The third-order valence-corrected chi connectivity index (χ3v) is 6.04. The maximum Gasteiger partial charge on any atom is 0.408 e. The Morgan fingerprint density at radius 2 is 1.86 bits per heavy atom. The van der Waals surface area contributed by atoms with Crippen LogP contribution in [0.25, 0.3) is 0 Å². The summed E-state index contributed by atoms with van der Waals surface area (Å²) in [6, 6.07) is 0.0438. The largest absolute Gasteiger partial charge is 0.444 e. The van der Waals surface area contributed by atoms with Crippen molar-refractivity contribution in [3.63, 3.8) is 0 Å². The van der Waals surface area contributed by atoms with Crippen molar-refractivity contribution in [2.75, 3.05) is 58.3 Å². The monoisotopic (exact) mass is 415 g/mol. The summed E-state index contributed by atoms with van der Waals surface area (Å²) in [5.41, 5.74) is -0.864. The van der Waals surface area contributed by atoms with Gasteiger partial charge in [-0.15, -0.1) is 0 Å². The Kier molecular flexibility index (Phi) is 8.29. The van der Waals surface area contributed by atoms with Crippen molar-refractivity contribution in [1.29, 1.82) is 0 Å². The van der Waals surface area contributed by atoms with Crippen LogP contribution in [0, 0.1) is 0 Å². The molecule has 1 atom stereocenters. The van der Waals surface area contributed by atoms with Crippen molar-refractivity contribution in [1.82, 2.24) is 20.0 Å². The van der Waals surface area contributed by atoms with Crippen LogP contribution >= 0.6 is 11.8 Å². The number of rotatable bonds is 6. The predicted molar refractivity (Wildman–Crippen MR) is 115 cm³/mol. The molecule has 7 nitrogen and oxygen atoms in total. The lowest BCUT2D eigenvalue weighted by Crippen LogP contribution is -2.57. The molecule has 0 aromatic heterocycles. The van der Waals surface area contributed by atoms with Crippen LogP contribution < -0.4 is 5.32 Å². The van der Waals surface area contributed by atoms with E-state index in [4.69, 9.17) is 6.11 Å². The third-order valence-electron chi connectivity index (χ3n) is 5.40. The Morgan fingerprint density at radius 3 is 2.43 bits per heavy atom. The molecule has 1 N–H and O–H groups in total. The first-order valence-corrected chi connectivity index (χ1v) is 11.6. The molecule has 8 heteroatoms. The van der Waals surface area contributed by atoms with E-state index in [1.807, 2.05) is 11.2 Å². The lowest BCUT2D eigenvalue weighted by Gasteiger charge is -2.42. The molecule has 2 fully saturated rings. The molecule has 162 valence electrons. The van der Waals surface area contributed by atoms with Crippen LogP contribution in [-0.2, 0) is 9.53 Å². The molecule has 2 aliphatic heterocycles. The molecule has 2 rings (SSSR count). The summed E-state index contributed by atoms with van der Waals surface area (Å²) in [5.74, 6) is 0.761. The number of hydrogen-bond acceptors (Lipinski definition) is 6. The number of thioether (sulfide) groups is 1. The highest BCUT2D eigenvalue weighted by Gasteiger charge is 2.32. The number of amides is 2. The third kappa shape index (κ3) is 7.44. The highest BCUT2D eigenvalue weighted by molar-refractivity contribution is 7.98. The Labute approximate surface area is 175 Å². The number of nitrogens with zero attached hydrogens (tertiary/aromatic N) is 3. The van der Waals surface area contributed by atoms with Crippen LogP contribution in [0.2, 0.25) is 0 Å². The predicted octanol–water partition coefficient (Wildman–Crippen LogP) is 1.87. The molecule has 28 heavy (non-hydrogen) atoms. The molecule has 0 aliphatic carbocycles. The van der Waals surface area contributed by atoms with Crippen LogP contribution in [0.15, 0.2) is 0 Å². The van der Waals surface area contributed by atoms with Gasteiger partial charge < -0.3 is 19.9 Å². The summed E-state index contributed by atoms with van der Waals surface area (Å²) in [6.07, 6.45) is 4.33. The van der Waals surface area contributed by atoms with E-state index >= 15 is 0 Å². The van der Waals surface area contributed by atoms with Crippen LogP contribution in [-0.4, -0.2) is 103 Å². The molecule has 0 radical (unpaired) electrons. The highest BCUT2D eigenvalue weighted by atomic mass is 32.2. The van der Waals surface area contributed by atoms with Crippen LogP contribution in [0.1, 0.15) is 41.4 Å². The van der Waals surface area contributed by atoms with E-state index in [2.05, 4.69) is 22.2 Å². The van der Waals surface area contributed by atoms with Gasteiger partial charge in [-0.3, -0.25) is 9.69 Å². The van der Waals surface area contributed by atoms with Crippen molar-refractivity contribution in [2.45, 2.75) is 57.7 Å². The van der Waals surface area contributed by atoms with Crippen molar-refractivity contribution in [3.05, 3.63) is 0 Å². The zero-order chi connectivity index (χ0) is 21.4. The number of alkyl carbamates (subject to hydrolysis) is 1. The van der Waals surface area contributed by atoms with Crippen molar-refractivity contribution < 1.29 is 15.7 Å². The zero-order valence-electron chi connectivity index (χ0n) is 18.9. The van der Waals surface area contributed by atoms with Crippen LogP contribution in [0.3, 0.4) is 0 Å². The van der Waals surface area contributed by atoms with E-state index < -0.39 is 17.7 Å². The van der Waals surface area contributed by atoms with E-state index in [-0.39, 0.29) is 12.8 Å². The number of likely N-dealkylation sites (tertiary alicyclic amines) is 1. The number of nitrogens with one attached hydrogen (secondary N) is 1. The quantitative estimate of drug-likeness (QED) is 0.715. The maximum absolute atomic E-state index is 13.1. The molecule has 0 spiro atoms. The Bertz CT molecular complexity index is 536. The standard InChI is InChI=1S/C20H38N4O3S/c1-20(2,3)27-19(26)21-17(8-15-28-5)18(25)24-13-11-23(12-14-24)16-6-9-22(4)10-7-16/h16-17H,6-15H2,1-5H3,(H,21,26)/t17-/m0/s1/i1D. The molecule has 0 aromatic carbocycles. The van der Waals surface area contributed by atoms with Gasteiger partial charge in [0.25, 0.3) is 0 Å². The van der Waals surface area contributed by atoms with Crippen molar-refractivity contribution in [3.8, 4) is 0 Å². The molecular formula is C20H38N4O3S. The van der Waals surface area contributed by atoms with E-state index in [1.54, 1.807) is 25.6 Å². The number of carbonyl (C=O) groups excluding carboxylic acids is 2. The minimum atomic E-state index is -0.864. The Hall–Kier alpha value is -0.990. The van der Waals surface area contributed by atoms with Crippen molar-refractivity contribution in [2.24, 2.45) is 0 Å². The SMILES string of the molecule is [2H]CC(C)(C)OC(=O)N[C@@H](CCSC)C(=O)N1CCN(C2CCN(C)CC2)CC1. The molecular weight excluding hydrogens is 376 g/mol. The Morgan fingerprint density at radius 1 is 1.21 bits per heavy atom.